The number of phenolic OH excluding ortho intramolecular Hbond substituents is 2. The molecule has 3 N–H and O–H groups in total. The Labute approximate surface area is 106 Å². The second-order valence-electron chi connectivity index (χ2n) is 4.78. The molecule has 1 aromatic carbocycles. The topological polar surface area (TPSA) is 72.8 Å². The Hall–Kier alpha value is -1.75. The standard InChI is InChI=1S/C13H18N2O3/c1-15-6-2-3-10(8-15)14-13(18)9-4-5-11(16)12(17)7-9/h4-5,7,10,16-17H,2-3,6,8H2,1H3,(H,14,18). The third kappa shape index (κ3) is 2.92. The quantitative estimate of drug-likeness (QED) is 0.682. The zero-order chi connectivity index (χ0) is 13.1. The summed E-state index contributed by atoms with van der Waals surface area (Å²) < 4.78 is 0. The number of hydrogen-bond donors (Lipinski definition) is 3. The van der Waals surface area contributed by atoms with E-state index in [2.05, 4.69) is 10.2 Å². The molecule has 18 heavy (non-hydrogen) atoms. The number of rotatable bonds is 2. The number of nitrogens with one attached hydrogen (secondary N) is 1. The van der Waals surface area contributed by atoms with Crippen LogP contribution in [0.5, 0.6) is 11.5 Å². The second-order valence-corrected chi connectivity index (χ2v) is 4.78. The summed E-state index contributed by atoms with van der Waals surface area (Å²) in [5, 5.41) is 21.5. The van der Waals surface area contributed by atoms with Gasteiger partial charge >= 0.3 is 0 Å². The maximum absolute atomic E-state index is 12.0. The van der Waals surface area contributed by atoms with E-state index in [9.17, 15) is 15.0 Å². The van der Waals surface area contributed by atoms with Gasteiger partial charge in [0, 0.05) is 18.2 Å². The molecule has 0 aromatic heterocycles. The van der Waals surface area contributed by atoms with Crippen molar-refractivity contribution in [2.45, 2.75) is 18.9 Å². The smallest absolute Gasteiger partial charge is 0.251 e. The number of carbonyl (C=O) groups is 1. The predicted molar refractivity (Wildman–Crippen MR) is 67.8 cm³/mol. The van der Waals surface area contributed by atoms with Crippen LogP contribution in [0.25, 0.3) is 0 Å². The Morgan fingerprint density at radius 3 is 2.83 bits per heavy atom. The van der Waals surface area contributed by atoms with E-state index in [1.807, 2.05) is 7.05 Å². The van der Waals surface area contributed by atoms with Crippen molar-refractivity contribution in [2.75, 3.05) is 20.1 Å². The second kappa shape index (κ2) is 5.27. The van der Waals surface area contributed by atoms with E-state index >= 15 is 0 Å². The van der Waals surface area contributed by atoms with E-state index in [1.165, 1.54) is 18.2 Å². The molecule has 0 aliphatic carbocycles. The van der Waals surface area contributed by atoms with Crippen LogP contribution >= 0.6 is 0 Å². The first-order valence-electron chi connectivity index (χ1n) is 6.07. The van der Waals surface area contributed by atoms with E-state index < -0.39 is 0 Å². The molecule has 0 radical (unpaired) electrons. The van der Waals surface area contributed by atoms with Gasteiger partial charge in [-0.2, -0.15) is 0 Å². The summed E-state index contributed by atoms with van der Waals surface area (Å²) in [6.45, 7) is 1.90. The summed E-state index contributed by atoms with van der Waals surface area (Å²) in [6.07, 6.45) is 2.04. The number of benzene rings is 1. The average Bonchev–Trinajstić information content (AvgIpc) is 2.32. The van der Waals surface area contributed by atoms with Crippen LogP contribution in [-0.2, 0) is 0 Å². The van der Waals surface area contributed by atoms with Crippen molar-refractivity contribution in [3.63, 3.8) is 0 Å². The van der Waals surface area contributed by atoms with Crippen LogP contribution in [0, 0.1) is 0 Å². The lowest BCUT2D eigenvalue weighted by atomic mass is 10.1. The number of likely N-dealkylation sites (N-methyl/N-ethyl adjacent to an activating group) is 1. The molecular formula is C13H18N2O3. The van der Waals surface area contributed by atoms with Gasteiger partial charge in [-0.1, -0.05) is 0 Å². The lowest BCUT2D eigenvalue weighted by Gasteiger charge is -2.30. The van der Waals surface area contributed by atoms with Crippen molar-refractivity contribution in [3.05, 3.63) is 23.8 Å². The minimum atomic E-state index is -0.275. The van der Waals surface area contributed by atoms with Gasteiger partial charge in [-0.25, -0.2) is 0 Å². The zero-order valence-corrected chi connectivity index (χ0v) is 10.4. The highest BCUT2D eigenvalue weighted by Crippen LogP contribution is 2.24. The lowest BCUT2D eigenvalue weighted by Crippen LogP contribution is -2.46. The summed E-state index contributed by atoms with van der Waals surface area (Å²) in [5.41, 5.74) is 0.360. The molecule has 1 amide bonds. The first-order valence-corrected chi connectivity index (χ1v) is 6.07. The van der Waals surface area contributed by atoms with Crippen LogP contribution in [-0.4, -0.2) is 47.2 Å². The number of hydrogen-bond acceptors (Lipinski definition) is 4. The first-order chi connectivity index (χ1) is 8.56. The number of likely N-dealkylation sites (tertiary alicyclic amines) is 1. The maximum atomic E-state index is 12.0. The van der Waals surface area contributed by atoms with Crippen molar-refractivity contribution in [1.29, 1.82) is 0 Å². The van der Waals surface area contributed by atoms with Gasteiger partial charge in [0.15, 0.2) is 11.5 Å². The molecule has 2 rings (SSSR count). The van der Waals surface area contributed by atoms with Crippen molar-refractivity contribution in [1.82, 2.24) is 10.2 Å². The number of nitrogens with zero attached hydrogens (tertiary/aromatic N) is 1. The van der Waals surface area contributed by atoms with Crippen molar-refractivity contribution >= 4 is 5.91 Å². The van der Waals surface area contributed by atoms with Gasteiger partial charge in [-0.3, -0.25) is 4.79 Å². The Balaban J connectivity index is 2.00. The molecule has 1 heterocycles. The van der Waals surface area contributed by atoms with Crippen LogP contribution in [0.2, 0.25) is 0 Å². The Morgan fingerprint density at radius 1 is 1.39 bits per heavy atom. The minimum absolute atomic E-state index is 0.146. The van der Waals surface area contributed by atoms with E-state index in [4.69, 9.17) is 0 Å². The van der Waals surface area contributed by atoms with E-state index in [-0.39, 0.29) is 23.4 Å². The Bertz CT molecular complexity index is 448. The number of piperidine rings is 1. The zero-order valence-electron chi connectivity index (χ0n) is 10.4. The minimum Gasteiger partial charge on any atom is -0.504 e. The van der Waals surface area contributed by atoms with Crippen LogP contribution < -0.4 is 5.32 Å². The summed E-state index contributed by atoms with van der Waals surface area (Å²) in [5.74, 6) is -0.710. The van der Waals surface area contributed by atoms with E-state index in [1.54, 1.807) is 0 Å². The van der Waals surface area contributed by atoms with Gasteiger partial charge in [0.05, 0.1) is 0 Å². The highest BCUT2D eigenvalue weighted by molar-refractivity contribution is 5.95. The van der Waals surface area contributed by atoms with E-state index in [0.29, 0.717) is 5.56 Å². The molecule has 0 spiro atoms. The molecule has 5 nitrogen and oxygen atoms in total. The molecule has 1 fully saturated rings. The third-order valence-electron chi connectivity index (χ3n) is 3.20. The fourth-order valence-electron chi connectivity index (χ4n) is 2.22. The molecule has 1 atom stereocenters. The fourth-order valence-corrected chi connectivity index (χ4v) is 2.22. The summed E-state index contributed by atoms with van der Waals surface area (Å²) >= 11 is 0. The van der Waals surface area contributed by atoms with Crippen LogP contribution in [0.3, 0.4) is 0 Å². The molecule has 1 saturated heterocycles. The van der Waals surface area contributed by atoms with Gasteiger partial charge in [-0.05, 0) is 44.6 Å². The van der Waals surface area contributed by atoms with Crippen molar-refractivity contribution in [2.24, 2.45) is 0 Å². The molecule has 1 unspecified atom stereocenters. The molecule has 1 aliphatic rings. The van der Waals surface area contributed by atoms with Crippen molar-refractivity contribution < 1.29 is 15.0 Å². The van der Waals surface area contributed by atoms with Crippen LogP contribution in [0.15, 0.2) is 18.2 Å². The summed E-state index contributed by atoms with van der Waals surface area (Å²) in [4.78, 5) is 14.1. The monoisotopic (exact) mass is 250 g/mol. The SMILES string of the molecule is CN1CCCC(NC(=O)c2ccc(O)c(O)c2)C1. The third-order valence-corrected chi connectivity index (χ3v) is 3.20. The molecule has 1 aliphatic heterocycles. The van der Waals surface area contributed by atoms with Crippen LogP contribution in [0.4, 0.5) is 0 Å². The Kier molecular flexibility index (Phi) is 3.72. The van der Waals surface area contributed by atoms with Gasteiger partial charge in [0.25, 0.3) is 5.91 Å². The Morgan fingerprint density at radius 2 is 2.17 bits per heavy atom. The normalized spacial score (nSPS) is 20.6. The van der Waals surface area contributed by atoms with Crippen LogP contribution in [0.1, 0.15) is 23.2 Å². The lowest BCUT2D eigenvalue weighted by molar-refractivity contribution is 0.0912. The summed E-state index contributed by atoms with van der Waals surface area (Å²) in [6, 6.07) is 4.23. The van der Waals surface area contributed by atoms with Gasteiger partial charge in [-0.15, -0.1) is 0 Å². The highest BCUT2D eigenvalue weighted by atomic mass is 16.3. The molecule has 0 bridgehead atoms. The largest absolute Gasteiger partial charge is 0.504 e. The number of carbonyl (C=O) groups excluding carboxylic acids is 1. The highest BCUT2D eigenvalue weighted by Gasteiger charge is 2.19. The van der Waals surface area contributed by atoms with Crippen molar-refractivity contribution in [3.8, 4) is 11.5 Å². The maximum Gasteiger partial charge on any atom is 0.251 e. The number of phenols is 2. The predicted octanol–water partition coefficient (Wildman–Crippen LogP) is 0.922. The number of amides is 1. The van der Waals surface area contributed by atoms with Gasteiger partial charge in [0.1, 0.15) is 0 Å². The summed E-state index contributed by atoms with van der Waals surface area (Å²) in [7, 11) is 2.03. The fraction of sp³-hybridized carbons (Fsp3) is 0.462. The number of aromatic hydroxyl groups is 2. The van der Waals surface area contributed by atoms with Gasteiger partial charge in [0.2, 0.25) is 0 Å². The first kappa shape index (κ1) is 12.7. The van der Waals surface area contributed by atoms with Gasteiger partial charge < -0.3 is 20.4 Å². The molecule has 1 aromatic rings. The molecule has 5 heteroatoms. The molecule has 98 valence electrons. The molecule has 0 saturated carbocycles. The molecular weight excluding hydrogens is 232 g/mol. The van der Waals surface area contributed by atoms with E-state index in [0.717, 1.165) is 25.9 Å². The average molecular weight is 250 g/mol.